The molecule has 0 spiro atoms. The standard InChI is InChI=1S/C16H14FN3/c17-11-5-6-14-15(8-11)20-16(19-14)7-10-9-18-13-4-2-1-3-12(10)13/h1-6,8,10,18H,7,9H2,(H,19,20). The Balaban J connectivity index is 1.65. The van der Waals surface area contributed by atoms with E-state index in [2.05, 4.69) is 33.5 Å². The van der Waals surface area contributed by atoms with Crippen LogP contribution in [-0.4, -0.2) is 16.5 Å². The summed E-state index contributed by atoms with van der Waals surface area (Å²) in [7, 11) is 0. The Hall–Kier alpha value is -2.36. The van der Waals surface area contributed by atoms with Crippen LogP contribution in [0, 0.1) is 5.82 Å². The summed E-state index contributed by atoms with van der Waals surface area (Å²) in [5.41, 5.74) is 4.12. The summed E-state index contributed by atoms with van der Waals surface area (Å²) in [4.78, 5) is 7.76. The number of anilines is 1. The molecule has 20 heavy (non-hydrogen) atoms. The zero-order chi connectivity index (χ0) is 13.5. The number of halogens is 1. The van der Waals surface area contributed by atoms with Gasteiger partial charge in [-0.25, -0.2) is 9.37 Å². The number of imidazole rings is 1. The van der Waals surface area contributed by atoms with Crippen molar-refractivity contribution in [1.29, 1.82) is 0 Å². The van der Waals surface area contributed by atoms with Gasteiger partial charge < -0.3 is 10.3 Å². The molecule has 0 aliphatic carbocycles. The number of aromatic amines is 1. The Bertz CT molecular complexity index is 778. The largest absolute Gasteiger partial charge is 0.384 e. The molecule has 0 saturated heterocycles. The SMILES string of the molecule is Fc1ccc2nc(CC3CNc4ccccc43)[nH]c2c1. The fourth-order valence-electron chi connectivity index (χ4n) is 2.90. The monoisotopic (exact) mass is 267 g/mol. The highest BCUT2D eigenvalue weighted by atomic mass is 19.1. The summed E-state index contributed by atoms with van der Waals surface area (Å²) in [5, 5.41) is 3.41. The van der Waals surface area contributed by atoms with Gasteiger partial charge in [-0.05, 0) is 29.8 Å². The average Bonchev–Trinajstić information content (AvgIpc) is 3.03. The predicted octanol–water partition coefficient (Wildman–Crippen LogP) is 3.45. The maximum Gasteiger partial charge on any atom is 0.125 e. The highest BCUT2D eigenvalue weighted by Crippen LogP contribution is 2.33. The van der Waals surface area contributed by atoms with Crippen LogP contribution in [0.2, 0.25) is 0 Å². The molecular weight excluding hydrogens is 253 g/mol. The van der Waals surface area contributed by atoms with E-state index in [1.54, 1.807) is 6.07 Å². The summed E-state index contributed by atoms with van der Waals surface area (Å²) in [5.74, 6) is 1.09. The predicted molar refractivity (Wildman–Crippen MR) is 77.4 cm³/mol. The maximum atomic E-state index is 13.2. The zero-order valence-corrected chi connectivity index (χ0v) is 10.9. The summed E-state index contributed by atoms with van der Waals surface area (Å²) in [6.45, 7) is 0.921. The Morgan fingerprint density at radius 1 is 1.20 bits per heavy atom. The molecule has 2 aromatic carbocycles. The van der Waals surface area contributed by atoms with Crippen LogP contribution in [0.3, 0.4) is 0 Å². The van der Waals surface area contributed by atoms with Gasteiger partial charge in [-0.1, -0.05) is 18.2 Å². The summed E-state index contributed by atoms with van der Waals surface area (Å²) >= 11 is 0. The van der Waals surface area contributed by atoms with Crippen LogP contribution in [0.5, 0.6) is 0 Å². The quantitative estimate of drug-likeness (QED) is 0.746. The molecule has 2 heterocycles. The van der Waals surface area contributed by atoms with Crippen molar-refractivity contribution in [2.75, 3.05) is 11.9 Å². The van der Waals surface area contributed by atoms with Gasteiger partial charge in [0, 0.05) is 24.6 Å². The molecule has 0 saturated carbocycles. The van der Waals surface area contributed by atoms with Gasteiger partial charge in [0.25, 0.3) is 0 Å². The van der Waals surface area contributed by atoms with E-state index >= 15 is 0 Å². The van der Waals surface area contributed by atoms with Gasteiger partial charge in [-0.2, -0.15) is 0 Å². The van der Waals surface area contributed by atoms with E-state index < -0.39 is 0 Å². The normalized spacial score (nSPS) is 17.1. The number of para-hydroxylation sites is 1. The molecule has 3 aromatic rings. The van der Waals surface area contributed by atoms with Crippen molar-refractivity contribution >= 4 is 16.7 Å². The van der Waals surface area contributed by atoms with E-state index in [0.29, 0.717) is 5.92 Å². The van der Waals surface area contributed by atoms with E-state index in [1.807, 2.05) is 6.07 Å². The van der Waals surface area contributed by atoms with E-state index in [4.69, 9.17) is 0 Å². The van der Waals surface area contributed by atoms with E-state index in [1.165, 1.54) is 23.4 Å². The minimum absolute atomic E-state index is 0.236. The van der Waals surface area contributed by atoms with Crippen LogP contribution in [0.15, 0.2) is 42.5 Å². The lowest BCUT2D eigenvalue weighted by Crippen LogP contribution is -2.06. The molecule has 2 N–H and O–H groups in total. The molecule has 0 amide bonds. The minimum atomic E-state index is -0.236. The van der Waals surface area contributed by atoms with Crippen molar-refractivity contribution in [3.63, 3.8) is 0 Å². The fourth-order valence-corrected chi connectivity index (χ4v) is 2.90. The van der Waals surface area contributed by atoms with Crippen LogP contribution in [0.25, 0.3) is 11.0 Å². The number of fused-ring (bicyclic) bond motifs is 2. The Morgan fingerprint density at radius 2 is 2.10 bits per heavy atom. The van der Waals surface area contributed by atoms with Crippen molar-refractivity contribution in [3.8, 4) is 0 Å². The Labute approximate surface area is 115 Å². The molecule has 1 atom stereocenters. The highest BCUT2D eigenvalue weighted by Gasteiger charge is 2.22. The molecule has 0 fully saturated rings. The van der Waals surface area contributed by atoms with Gasteiger partial charge in [0.1, 0.15) is 11.6 Å². The third kappa shape index (κ3) is 1.84. The van der Waals surface area contributed by atoms with Gasteiger partial charge in [0.2, 0.25) is 0 Å². The molecule has 0 bridgehead atoms. The number of nitrogens with one attached hydrogen (secondary N) is 2. The molecule has 4 heteroatoms. The first-order chi connectivity index (χ1) is 9.79. The molecule has 0 radical (unpaired) electrons. The second-order valence-electron chi connectivity index (χ2n) is 5.21. The molecule has 1 unspecified atom stereocenters. The first-order valence-electron chi connectivity index (χ1n) is 6.76. The zero-order valence-electron chi connectivity index (χ0n) is 10.9. The summed E-state index contributed by atoms with van der Waals surface area (Å²) in [6.07, 6.45) is 0.834. The van der Waals surface area contributed by atoms with Crippen molar-refractivity contribution < 1.29 is 4.39 Å². The lowest BCUT2D eigenvalue weighted by molar-refractivity contribution is 0.629. The third-order valence-corrected chi connectivity index (χ3v) is 3.87. The molecule has 3 nitrogen and oxygen atoms in total. The molecule has 1 aliphatic rings. The first kappa shape index (κ1) is 11.5. The topological polar surface area (TPSA) is 40.7 Å². The molecule has 1 aliphatic heterocycles. The van der Waals surface area contributed by atoms with Gasteiger partial charge in [-0.3, -0.25) is 0 Å². The molecular formula is C16H14FN3. The number of hydrogen-bond donors (Lipinski definition) is 2. The van der Waals surface area contributed by atoms with Crippen LogP contribution < -0.4 is 5.32 Å². The van der Waals surface area contributed by atoms with Gasteiger partial charge >= 0.3 is 0 Å². The van der Waals surface area contributed by atoms with Gasteiger partial charge in [0.15, 0.2) is 0 Å². The Morgan fingerprint density at radius 3 is 3.05 bits per heavy atom. The lowest BCUT2D eigenvalue weighted by atomic mass is 9.98. The second kappa shape index (κ2) is 4.34. The smallest absolute Gasteiger partial charge is 0.125 e. The summed E-state index contributed by atoms with van der Waals surface area (Å²) < 4.78 is 13.2. The van der Waals surface area contributed by atoms with E-state index in [-0.39, 0.29) is 5.82 Å². The second-order valence-corrected chi connectivity index (χ2v) is 5.21. The number of benzene rings is 2. The third-order valence-electron chi connectivity index (χ3n) is 3.87. The van der Waals surface area contributed by atoms with E-state index in [9.17, 15) is 4.39 Å². The van der Waals surface area contributed by atoms with Crippen LogP contribution >= 0.6 is 0 Å². The van der Waals surface area contributed by atoms with Crippen LogP contribution in [-0.2, 0) is 6.42 Å². The minimum Gasteiger partial charge on any atom is -0.384 e. The van der Waals surface area contributed by atoms with E-state index in [0.717, 1.165) is 29.8 Å². The molecule has 1 aromatic heterocycles. The molecule has 4 rings (SSSR count). The van der Waals surface area contributed by atoms with Crippen molar-refractivity contribution in [3.05, 3.63) is 59.7 Å². The van der Waals surface area contributed by atoms with Crippen molar-refractivity contribution in [2.24, 2.45) is 0 Å². The lowest BCUT2D eigenvalue weighted by Gasteiger charge is -2.07. The summed E-state index contributed by atoms with van der Waals surface area (Å²) in [6, 6.07) is 13.0. The molecule has 100 valence electrons. The van der Waals surface area contributed by atoms with Crippen molar-refractivity contribution in [1.82, 2.24) is 9.97 Å². The number of aromatic nitrogens is 2. The number of H-pyrrole nitrogens is 1. The fraction of sp³-hybridized carbons (Fsp3) is 0.188. The number of nitrogens with zero attached hydrogens (tertiary/aromatic N) is 1. The Kier molecular flexibility index (Phi) is 2.49. The number of hydrogen-bond acceptors (Lipinski definition) is 2. The van der Waals surface area contributed by atoms with Crippen molar-refractivity contribution in [2.45, 2.75) is 12.3 Å². The van der Waals surface area contributed by atoms with Gasteiger partial charge in [0.05, 0.1) is 11.0 Å². The highest BCUT2D eigenvalue weighted by molar-refractivity contribution is 5.75. The average molecular weight is 267 g/mol. The first-order valence-corrected chi connectivity index (χ1v) is 6.76. The maximum absolute atomic E-state index is 13.2. The van der Waals surface area contributed by atoms with Crippen LogP contribution in [0.1, 0.15) is 17.3 Å². The van der Waals surface area contributed by atoms with Gasteiger partial charge in [-0.15, -0.1) is 0 Å². The number of rotatable bonds is 2. The van der Waals surface area contributed by atoms with Crippen LogP contribution in [0.4, 0.5) is 10.1 Å².